The van der Waals surface area contributed by atoms with Crippen LogP contribution in [0.5, 0.6) is 0 Å². The Labute approximate surface area is 134 Å². The molecule has 22 heavy (non-hydrogen) atoms. The van der Waals surface area contributed by atoms with E-state index in [1.807, 2.05) is 0 Å². The molecule has 2 heterocycles. The van der Waals surface area contributed by atoms with Crippen LogP contribution in [0.2, 0.25) is 0 Å². The fourth-order valence-corrected chi connectivity index (χ4v) is 4.54. The number of nitrogens with zero attached hydrogens (tertiary/aromatic N) is 2. The first-order chi connectivity index (χ1) is 10.6. The van der Waals surface area contributed by atoms with Gasteiger partial charge >= 0.3 is 0 Å². The predicted molar refractivity (Wildman–Crippen MR) is 88.1 cm³/mol. The molecule has 1 N–H and O–H groups in total. The third kappa shape index (κ3) is 2.73. The van der Waals surface area contributed by atoms with Gasteiger partial charge in [0.25, 0.3) is 0 Å². The summed E-state index contributed by atoms with van der Waals surface area (Å²) in [5.74, 6) is 2.37. The van der Waals surface area contributed by atoms with Crippen molar-refractivity contribution in [3.05, 3.63) is 0 Å². The highest BCUT2D eigenvalue weighted by Gasteiger charge is 2.59. The lowest BCUT2D eigenvalue weighted by Crippen LogP contribution is -2.68. The molecule has 0 aromatic carbocycles. The Morgan fingerprint density at radius 3 is 2.95 bits per heavy atom. The van der Waals surface area contributed by atoms with Crippen LogP contribution in [0.4, 0.5) is 0 Å². The summed E-state index contributed by atoms with van der Waals surface area (Å²) in [4.78, 5) is 7.16. The van der Waals surface area contributed by atoms with Crippen molar-refractivity contribution in [1.82, 2.24) is 10.2 Å². The van der Waals surface area contributed by atoms with E-state index in [4.69, 9.17) is 14.5 Å². The fraction of sp³-hybridized carbons (Fsp3) is 0.941. The Bertz CT molecular complexity index is 424. The lowest BCUT2D eigenvalue weighted by molar-refractivity contribution is -0.107. The number of aliphatic imine (C=N–C) groups is 1. The number of rotatable bonds is 4. The molecule has 4 atom stereocenters. The summed E-state index contributed by atoms with van der Waals surface area (Å²) in [6.45, 7) is 11.5. The van der Waals surface area contributed by atoms with Crippen LogP contribution >= 0.6 is 0 Å². The number of hydrogen-bond donors (Lipinski definition) is 1. The van der Waals surface area contributed by atoms with E-state index in [0.29, 0.717) is 24.0 Å². The molecular weight excluding hydrogens is 278 g/mol. The minimum absolute atomic E-state index is 0.196. The normalized spacial score (nSPS) is 37.1. The van der Waals surface area contributed by atoms with Crippen molar-refractivity contribution < 1.29 is 9.47 Å². The van der Waals surface area contributed by atoms with E-state index >= 15 is 0 Å². The third-order valence-electron chi connectivity index (χ3n) is 5.68. The number of ether oxygens (including phenoxy) is 2. The first-order valence-electron chi connectivity index (χ1n) is 8.74. The second-order valence-electron chi connectivity index (χ2n) is 7.54. The van der Waals surface area contributed by atoms with Gasteiger partial charge in [0.1, 0.15) is 0 Å². The number of fused-ring (bicyclic) bond motifs is 1. The maximum Gasteiger partial charge on any atom is 0.194 e. The zero-order chi connectivity index (χ0) is 15.7. The Balaban J connectivity index is 1.64. The van der Waals surface area contributed by atoms with Crippen molar-refractivity contribution >= 4 is 5.96 Å². The molecule has 2 saturated heterocycles. The van der Waals surface area contributed by atoms with Crippen molar-refractivity contribution in [3.8, 4) is 0 Å². The third-order valence-corrected chi connectivity index (χ3v) is 5.68. The van der Waals surface area contributed by atoms with Crippen LogP contribution in [0.3, 0.4) is 0 Å². The van der Waals surface area contributed by atoms with Gasteiger partial charge in [-0.2, -0.15) is 0 Å². The summed E-state index contributed by atoms with van der Waals surface area (Å²) in [6, 6.07) is 0.478. The molecule has 3 aliphatic rings. The molecule has 0 aromatic heterocycles. The van der Waals surface area contributed by atoms with Gasteiger partial charge in [-0.25, -0.2) is 0 Å². The van der Waals surface area contributed by atoms with E-state index in [0.717, 1.165) is 38.8 Å². The van der Waals surface area contributed by atoms with Gasteiger partial charge in [0.15, 0.2) is 5.96 Å². The molecule has 126 valence electrons. The Hall–Kier alpha value is -0.810. The molecule has 3 rings (SSSR count). The number of likely N-dealkylation sites (tertiary alicyclic amines) is 1. The molecule has 3 fully saturated rings. The van der Waals surface area contributed by atoms with Gasteiger partial charge in [0.05, 0.1) is 12.7 Å². The Morgan fingerprint density at radius 1 is 1.41 bits per heavy atom. The quantitative estimate of drug-likeness (QED) is 0.635. The van der Waals surface area contributed by atoms with Gasteiger partial charge in [-0.15, -0.1) is 0 Å². The van der Waals surface area contributed by atoms with E-state index in [1.165, 1.54) is 12.8 Å². The number of methoxy groups -OCH3 is 1. The second-order valence-corrected chi connectivity index (χ2v) is 7.54. The molecule has 2 aliphatic heterocycles. The van der Waals surface area contributed by atoms with E-state index in [-0.39, 0.29) is 5.41 Å². The van der Waals surface area contributed by atoms with E-state index in [9.17, 15) is 0 Å². The summed E-state index contributed by atoms with van der Waals surface area (Å²) in [5.41, 5.74) is 0.196. The first kappa shape index (κ1) is 16.1. The monoisotopic (exact) mass is 309 g/mol. The summed E-state index contributed by atoms with van der Waals surface area (Å²) in [7, 11) is 1.79. The highest BCUT2D eigenvalue weighted by atomic mass is 16.5. The molecule has 0 spiro atoms. The van der Waals surface area contributed by atoms with Gasteiger partial charge in [0, 0.05) is 56.6 Å². The number of nitrogens with one attached hydrogen (secondary N) is 1. The molecule has 0 amide bonds. The first-order valence-corrected chi connectivity index (χ1v) is 8.74. The number of hydrogen-bond acceptors (Lipinski definition) is 3. The molecular formula is C17H31N3O2. The van der Waals surface area contributed by atoms with Crippen LogP contribution in [0.15, 0.2) is 4.99 Å². The van der Waals surface area contributed by atoms with Crippen molar-refractivity contribution in [1.29, 1.82) is 0 Å². The highest BCUT2D eigenvalue weighted by molar-refractivity contribution is 5.81. The zero-order valence-corrected chi connectivity index (χ0v) is 14.5. The van der Waals surface area contributed by atoms with Crippen LogP contribution in [-0.2, 0) is 9.47 Å². The topological polar surface area (TPSA) is 46.1 Å². The minimum Gasteiger partial charge on any atom is -0.384 e. The SMILES string of the molecule is CCN=C(NC1C2CCOC2C1(C)C)N1CCC(COC)C1. The van der Waals surface area contributed by atoms with Crippen LogP contribution in [0.25, 0.3) is 0 Å². The van der Waals surface area contributed by atoms with Crippen molar-refractivity contribution in [3.63, 3.8) is 0 Å². The average Bonchev–Trinajstić information content (AvgIpc) is 3.11. The van der Waals surface area contributed by atoms with Gasteiger partial charge in [-0.05, 0) is 19.8 Å². The van der Waals surface area contributed by atoms with Crippen LogP contribution in [0, 0.1) is 17.3 Å². The predicted octanol–water partition coefficient (Wildman–Crippen LogP) is 1.73. The van der Waals surface area contributed by atoms with Crippen LogP contribution in [0.1, 0.15) is 33.6 Å². The summed E-state index contributed by atoms with van der Waals surface area (Å²) < 4.78 is 11.2. The molecule has 5 heteroatoms. The molecule has 1 saturated carbocycles. The average molecular weight is 309 g/mol. The van der Waals surface area contributed by atoms with Gasteiger partial charge in [-0.1, -0.05) is 13.8 Å². The lowest BCUT2D eigenvalue weighted by Gasteiger charge is -2.55. The van der Waals surface area contributed by atoms with Gasteiger partial charge in [-0.3, -0.25) is 4.99 Å². The maximum absolute atomic E-state index is 5.90. The Kier molecular flexibility index (Phi) is 4.64. The minimum atomic E-state index is 0.196. The van der Waals surface area contributed by atoms with Crippen LogP contribution < -0.4 is 5.32 Å². The summed E-state index contributed by atoms with van der Waals surface area (Å²) >= 11 is 0. The Morgan fingerprint density at radius 2 is 2.23 bits per heavy atom. The van der Waals surface area contributed by atoms with Crippen LogP contribution in [-0.4, -0.2) is 63.0 Å². The largest absolute Gasteiger partial charge is 0.384 e. The smallest absolute Gasteiger partial charge is 0.194 e. The van der Waals surface area contributed by atoms with Gasteiger partial charge in [0.2, 0.25) is 0 Å². The van der Waals surface area contributed by atoms with E-state index in [1.54, 1.807) is 7.11 Å². The lowest BCUT2D eigenvalue weighted by atomic mass is 9.57. The van der Waals surface area contributed by atoms with Crippen molar-refractivity contribution in [2.45, 2.75) is 45.8 Å². The number of guanidine groups is 1. The molecule has 0 aromatic rings. The van der Waals surface area contributed by atoms with Gasteiger partial charge < -0.3 is 19.7 Å². The zero-order valence-electron chi connectivity index (χ0n) is 14.5. The molecule has 4 unspecified atom stereocenters. The fourth-order valence-electron chi connectivity index (χ4n) is 4.54. The van der Waals surface area contributed by atoms with Crippen molar-refractivity contribution in [2.24, 2.45) is 22.2 Å². The molecule has 0 bridgehead atoms. The molecule has 5 nitrogen and oxygen atoms in total. The molecule has 1 aliphatic carbocycles. The van der Waals surface area contributed by atoms with Crippen molar-refractivity contribution in [2.75, 3.05) is 40.0 Å². The highest BCUT2D eigenvalue weighted by Crippen LogP contribution is 2.52. The summed E-state index contributed by atoms with van der Waals surface area (Å²) in [5, 5.41) is 3.78. The maximum atomic E-state index is 5.90. The second kappa shape index (κ2) is 6.36. The van der Waals surface area contributed by atoms with E-state index in [2.05, 4.69) is 31.0 Å². The summed E-state index contributed by atoms with van der Waals surface area (Å²) in [6.07, 6.45) is 2.80. The molecule has 0 radical (unpaired) electrons. The van der Waals surface area contributed by atoms with E-state index < -0.39 is 0 Å². The standard InChI is InChI=1S/C17H31N3O2/c1-5-18-16(20-8-6-12(10-20)11-21-4)19-14-13-7-9-22-15(13)17(14,2)3/h12-15H,5-11H2,1-4H3,(H,18,19).